The molecule has 108 valence electrons. The van der Waals surface area contributed by atoms with E-state index in [0.29, 0.717) is 26.1 Å². The molecular formula is C15H19FN2O2. The Morgan fingerprint density at radius 3 is 2.75 bits per heavy atom. The van der Waals surface area contributed by atoms with E-state index in [1.807, 2.05) is 11.0 Å². The fraction of sp³-hybridized carbons (Fsp3) is 0.400. The van der Waals surface area contributed by atoms with Gasteiger partial charge in [-0.25, -0.2) is 4.39 Å². The van der Waals surface area contributed by atoms with Crippen LogP contribution in [0, 0.1) is 5.82 Å². The number of aliphatic hydroxyl groups excluding tert-OH is 2. The Bertz CT molecular complexity index is 563. The van der Waals surface area contributed by atoms with E-state index in [0.717, 1.165) is 16.5 Å². The van der Waals surface area contributed by atoms with Crippen molar-refractivity contribution in [1.82, 2.24) is 9.88 Å². The van der Waals surface area contributed by atoms with E-state index >= 15 is 0 Å². The van der Waals surface area contributed by atoms with Crippen LogP contribution in [0.4, 0.5) is 4.39 Å². The van der Waals surface area contributed by atoms with Gasteiger partial charge in [-0.1, -0.05) is 6.07 Å². The van der Waals surface area contributed by atoms with Crippen LogP contribution in [-0.4, -0.2) is 46.4 Å². The maximum Gasteiger partial charge on any atom is 0.124 e. The van der Waals surface area contributed by atoms with Gasteiger partial charge in [-0.15, -0.1) is 0 Å². The first-order valence-corrected chi connectivity index (χ1v) is 6.72. The van der Waals surface area contributed by atoms with Crippen LogP contribution in [-0.2, 0) is 6.54 Å². The third kappa shape index (κ3) is 3.72. The fourth-order valence-electron chi connectivity index (χ4n) is 2.29. The first-order valence-electron chi connectivity index (χ1n) is 6.72. The van der Waals surface area contributed by atoms with Crippen molar-refractivity contribution in [2.75, 3.05) is 26.3 Å². The largest absolute Gasteiger partial charge is 0.396 e. The standard InChI is InChI=1S/C15H19FN2O2/c16-14-9-12-3-1-4-17-15(12)13(10-14)11-18(6-8-20)5-2-7-19/h1,3-4,9-10,19-20H,2,5-8,11H2. The molecule has 0 saturated heterocycles. The van der Waals surface area contributed by atoms with Gasteiger partial charge in [0.05, 0.1) is 12.1 Å². The molecule has 0 atom stereocenters. The van der Waals surface area contributed by atoms with Gasteiger partial charge in [-0.2, -0.15) is 0 Å². The molecule has 1 aromatic heterocycles. The van der Waals surface area contributed by atoms with Crippen LogP contribution in [0.25, 0.3) is 10.9 Å². The molecule has 0 aliphatic carbocycles. The summed E-state index contributed by atoms with van der Waals surface area (Å²) in [6.45, 7) is 1.79. The second-order valence-electron chi connectivity index (χ2n) is 4.72. The molecule has 0 amide bonds. The molecule has 4 nitrogen and oxygen atoms in total. The summed E-state index contributed by atoms with van der Waals surface area (Å²) in [5.41, 5.74) is 1.58. The van der Waals surface area contributed by atoms with Gasteiger partial charge in [0.25, 0.3) is 0 Å². The van der Waals surface area contributed by atoms with Crippen molar-refractivity contribution in [3.05, 3.63) is 41.8 Å². The Morgan fingerprint density at radius 2 is 2.00 bits per heavy atom. The zero-order valence-electron chi connectivity index (χ0n) is 11.3. The Hall–Kier alpha value is -1.56. The van der Waals surface area contributed by atoms with Crippen molar-refractivity contribution in [3.63, 3.8) is 0 Å². The molecule has 0 radical (unpaired) electrons. The number of hydrogen-bond acceptors (Lipinski definition) is 4. The average molecular weight is 278 g/mol. The van der Waals surface area contributed by atoms with E-state index in [4.69, 9.17) is 10.2 Å². The maximum atomic E-state index is 13.6. The Labute approximate surface area is 117 Å². The zero-order chi connectivity index (χ0) is 14.4. The summed E-state index contributed by atoms with van der Waals surface area (Å²) in [6.07, 6.45) is 2.31. The van der Waals surface area contributed by atoms with Gasteiger partial charge in [-0.3, -0.25) is 9.88 Å². The van der Waals surface area contributed by atoms with Crippen LogP contribution in [0.2, 0.25) is 0 Å². The maximum absolute atomic E-state index is 13.6. The summed E-state index contributed by atoms with van der Waals surface area (Å²) in [5, 5.41) is 18.8. The summed E-state index contributed by atoms with van der Waals surface area (Å²) in [4.78, 5) is 6.30. The van der Waals surface area contributed by atoms with Crippen molar-refractivity contribution < 1.29 is 14.6 Å². The number of benzene rings is 1. The average Bonchev–Trinajstić information content (AvgIpc) is 2.44. The normalized spacial score (nSPS) is 11.4. The van der Waals surface area contributed by atoms with Crippen molar-refractivity contribution >= 4 is 10.9 Å². The highest BCUT2D eigenvalue weighted by molar-refractivity contribution is 5.81. The van der Waals surface area contributed by atoms with Crippen molar-refractivity contribution in [2.45, 2.75) is 13.0 Å². The van der Waals surface area contributed by atoms with Crippen LogP contribution in [0.5, 0.6) is 0 Å². The highest BCUT2D eigenvalue weighted by atomic mass is 19.1. The number of nitrogens with zero attached hydrogens (tertiary/aromatic N) is 2. The second-order valence-corrected chi connectivity index (χ2v) is 4.72. The minimum absolute atomic E-state index is 0.0338. The van der Waals surface area contributed by atoms with E-state index in [1.54, 1.807) is 12.3 Å². The van der Waals surface area contributed by atoms with Crippen molar-refractivity contribution in [2.24, 2.45) is 0 Å². The summed E-state index contributed by atoms with van der Waals surface area (Å²) < 4.78 is 13.6. The monoisotopic (exact) mass is 278 g/mol. The Balaban J connectivity index is 2.26. The van der Waals surface area contributed by atoms with Gasteiger partial charge in [0.2, 0.25) is 0 Å². The molecule has 0 fully saturated rings. The predicted octanol–water partition coefficient (Wildman–Crippen LogP) is 1.55. The van der Waals surface area contributed by atoms with E-state index in [-0.39, 0.29) is 19.0 Å². The number of rotatable bonds is 7. The van der Waals surface area contributed by atoms with Gasteiger partial charge in [0.1, 0.15) is 5.82 Å². The lowest BCUT2D eigenvalue weighted by Gasteiger charge is -2.21. The smallest absolute Gasteiger partial charge is 0.124 e. The van der Waals surface area contributed by atoms with Crippen molar-refractivity contribution in [1.29, 1.82) is 0 Å². The van der Waals surface area contributed by atoms with Gasteiger partial charge >= 0.3 is 0 Å². The third-order valence-electron chi connectivity index (χ3n) is 3.19. The predicted molar refractivity (Wildman–Crippen MR) is 75.8 cm³/mol. The molecular weight excluding hydrogens is 259 g/mol. The summed E-state index contributed by atoms with van der Waals surface area (Å²) in [6, 6.07) is 6.57. The molecule has 2 N–H and O–H groups in total. The summed E-state index contributed by atoms with van der Waals surface area (Å²) >= 11 is 0. The minimum Gasteiger partial charge on any atom is -0.396 e. The molecule has 20 heavy (non-hydrogen) atoms. The number of aromatic nitrogens is 1. The topological polar surface area (TPSA) is 56.6 Å². The lowest BCUT2D eigenvalue weighted by molar-refractivity contribution is 0.174. The van der Waals surface area contributed by atoms with Crippen molar-refractivity contribution in [3.8, 4) is 0 Å². The number of halogens is 1. The van der Waals surface area contributed by atoms with E-state index in [9.17, 15) is 4.39 Å². The SMILES string of the molecule is OCCCN(CCO)Cc1cc(F)cc2cccnc12. The van der Waals surface area contributed by atoms with Crippen LogP contribution < -0.4 is 0 Å². The molecule has 0 aliphatic rings. The van der Waals surface area contributed by atoms with Gasteiger partial charge < -0.3 is 10.2 Å². The zero-order valence-corrected chi connectivity index (χ0v) is 11.3. The number of fused-ring (bicyclic) bond motifs is 1. The number of hydrogen-bond donors (Lipinski definition) is 2. The second kappa shape index (κ2) is 7.28. The molecule has 2 rings (SSSR count). The molecule has 0 saturated carbocycles. The van der Waals surface area contributed by atoms with Gasteiger partial charge in [0, 0.05) is 37.8 Å². The van der Waals surface area contributed by atoms with Crippen LogP contribution in [0.3, 0.4) is 0 Å². The number of pyridine rings is 1. The lowest BCUT2D eigenvalue weighted by atomic mass is 10.1. The molecule has 0 unspecified atom stereocenters. The van der Waals surface area contributed by atoms with Crippen LogP contribution in [0.1, 0.15) is 12.0 Å². The molecule has 0 spiro atoms. The van der Waals surface area contributed by atoms with Crippen LogP contribution in [0.15, 0.2) is 30.5 Å². The molecule has 2 aromatic rings. The lowest BCUT2D eigenvalue weighted by Crippen LogP contribution is -2.28. The Kier molecular flexibility index (Phi) is 5.40. The molecule has 0 aliphatic heterocycles. The molecule has 1 aromatic carbocycles. The van der Waals surface area contributed by atoms with E-state index in [2.05, 4.69) is 4.98 Å². The van der Waals surface area contributed by atoms with Gasteiger partial charge in [-0.05, 0) is 30.2 Å². The highest BCUT2D eigenvalue weighted by Crippen LogP contribution is 2.20. The quantitative estimate of drug-likeness (QED) is 0.807. The van der Waals surface area contributed by atoms with E-state index in [1.165, 1.54) is 12.1 Å². The fourth-order valence-corrected chi connectivity index (χ4v) is 2.29. The summed E-state index contributed by atoms with van der Waals surface area (Å²) in [5.74, 6) is -0.286. The molecule has 5 heteroatoms. The third-order valence-corrected chi connectivity index (χ3v) is 3.19. The molecule has 1 heterocycles. The first-order chi connectivity index (χ1) is 9.74. The van der Waals surface area contributed by atoms with Gasteiger partial charge in [0.15, 0.2) is 0 Å². The minimum atomic E-state index is -0.286. The molecule has 0 bridgehead atoms. The van der Waals surface area contributed by atoms with Crippen LogP contribution >= 0.6 is 0 Å². The summed E-state index contributed by atoms with van der Waals surface area (Å²) in [7, 11) is 0. The first kappa shape index (κ1) is 14.8. The van der Waals surface area contributed by atoms with E-state index < -0.39 is 0 Å². The Morgan fingerprint density at radius 1 is 1.15 bits per heavy atom. The highest BCUT2D eigenvalue weighted by Gasteiger charge is 2.10. The number of aliphatic hydroxyl groups is 2.